The topological polar surface area (TPSA) is 29.1 Å². The molecule has 58 valence electrons. The van der Waals surface area contributed by atoms with Crippen LogP contribution in [-0.2, 0) is 4.79 Å². The van der Waals surface area contributed by atoms with Crippen molar-refractivity contribution in [2.45, 2.75) is 19.8 Å². The molecular weight excluding hydrogens is 126 g/mol. The summed E-state index contributed by atoms with van der Waals surface area (Å²) in [6.07, 6.45) is 3.41. The summed E-state index contributed by atoms with van der Waals surface area (Å²) < 4.78 is 0. The predicted octanol–water partition coefficient (Wildman–Crippen LogP) is 0.821. The molecule has 1 aliphatic heterocycles. The summed E-state index contributed by atoms with van der Waals surface area (Å²) in [6, 6.07) is 0. The average Bonchev–Trinajstić information content (AvgIpc) is 2.04. The van der Waals surface area contributed by atoms with Crippen LogP contribution in [0.3, 0.4) is 0 Å². The van der Waals surface area contributed by atoms with Crippen LogP contribution in [0.2, 0.25) is 0 Å². The lowest BCUT2D eigenvalue weighted by Crippen LogP contribution is -2.37. The summed E-state index contributed by atoms with van der Waals surface area (Å²) in [6.45, 7) is 4.14. The van der Waals surface area contributed by atoms with Gasteiger partial charge in [0.15, 0.2) is 0 Å². The van der Waals surface area contributed by atoms with E-state index in [-0.39, 0.29) is 5.92 Å². The van der Waals surface area contributed by atoms with E-state index in [1.807, 2.05) is 0 Å². The molecule has 1 aliphatic rings. The molecule has 1 N–H and O–H groups in total. The number of nitrogens with one attached hydrogen (secondary N) is 1. The van der Waals surface area contributed by atoms with Crippen LogP contribution in [0.25, 0.3) is 0 Å². The minimum Gasteiger partial charge on any atom is -0.316 e. The van der Waals surface area contributed by atoms with E-state index in [1.54, 1.807) is 0 Å². The van der Waals surface area contributed by atoms with E-state index in [4.69, 9.17) is 0 Å². The molecule has 2 atom stereocenters. The Morgan fingerprint density at radius 1 is 1.70 bits per heavy atom. The van der Waals surface area contributed by atoms with Crippen molar-refractivity contribution in [2.24, 2.45) is 11.8 Å². The normalized spacial score (nSPS) is 33.7. The predicted molar refractivity (Wildman–Crippen MR) is 40.8 cm³/mol. The Balaban J connectivity index is 2.41. The van der Waals surface area contributed by atoms with Gasteiger partial charge in [0.2, 0.25) is 0 Å². The Bertz CT molecular complexity index is 114. The first-order valence-electron chi connectivity index (χ1n) is 4.04. The zero-order valence-corrected chi connectivity index (χ0v) is 6.47. The zero-order valence-electron chi connectivity index (χ0n) is 6.47. The van der Waals surface area contributed by atoms with E-state index in [1.165, 1.54) is 6.42 Å². The Morgan fingerprint density at radius 2 is 2.50 bits per heavy atom. The number of carbonyl (C=O) groups excluding carboxylic acids is 1. The van der Waals surface area contributed by atoms with Crippen molar-refractivity contribution in [1.82, 2.24) is 5.32 Å². The van der Waals surface area contributed by atoms with Gasteiger partial charge in [0, 0.05) is 12.5 Å². The molecule has 1 rings (SSSR count). The van der Waals surface area contributed by atoms with Crippen LogP contribution in [0, 0.1) is 11.8 Å². The number of hydrogen-bond acceptors (Lipinski definition) is 2. The molecule has 0 radical (unpaired) electrons. The second kappa shape index (κ2) is 3.71. The number of rotatable bonds is 2. The molecular formula is C8H15NO. The minimum atomic E-state index is 0.277. The molecule has 1 saturated heterocycles. The van der Waals surface area contributed by atoms with E-state index in [9.17, 15) is 4.79 Å². The van der Waals surface area contributed by atoms with Crippen LogP contribution < -0.4 is 5.32 Å². The number of carbonyl (C=O) groups is 1. The largest absolute Gasteiger partial charge is 0.316 e. The van der Waals surface area contributed by atoms with Gasteiger partial charge in [-0.3, -0.25) is 0 Å². The Labute approximate surface area is 62.0 Å². The van der Waals surface area contributed by atoms with Gasteiger partial charge >= 0.3 is 0 Å². The minimum absolute atomic E-state index is 0.277. The van der Waals surface area contributed by atoms with Gasteiger partial charge in [-0.2, -0.15) is 0 Å². The fraction of sp³-hybridized carbons (Fsp3) is 0.875. The fourth-order valence-electron chi connectivity index (χ4n) is 1.60. The number of aldehydes is 1. The maximum Gasteiger partial charge on any atom is 0.124 e. The second-order valence-corrected chi connectivity index (χ2v) is 2.96. The van der Waals surface area contributed by atoms with Crippen LogP contribution in [0.15, 0.2) is 0 Å². The van der Waals surface area contributed by atoms with Gasteiger partial charge in [-0.05, 0) is 18.9 Å². The molecule has 0 aromatic heterocycles. The monoisotopic (exact) mass is 141 g/mol. The van der Waals surface area contributed by atoms with Crippen LogP contribution in [-0.4, -0.2) is 19.4 Å². The van der Waals surface area contributed by atoms with Gasteiger partial charge in [-0.1, -0.05) is 13.3 Å². The van der Waals surface area contributed by atoms with Gasteiger partial charge < -0.3 is 10.1 Å². The van der Waals surface area contributed by atoms with Gasteiger partial charge in [-0.15, -0.1) is 0 Å². The highest BCUT2D eigenvalue weighted by atomic mass is 16.1. The maximum atomic E-state index is 10.5. The van der Waals surface area contributed by atoms with Crippen molar-refractivity contribution < 1.29 is 4.79 Å². The SMILES string of the molecule is CCC1CCNCC1C=O. The summed E-state index contributed by atoms with van der Waals surface area (Å²) in [5.41, 5.74) is 0. The number of hydrogen-bond donors (Lipinski definition) is 1. The zero-order chi connectivity index (χ0) is 7.40. The molecule has 2 nitrogen and oxygen atoms in total. The third-order valence-electron chi connectivity index (χ3n) is 2.38. The lowest BCUT2D eigenvalue weighted by Gasteiger charge is -2.27. The second-order valence-electron chi connectivity index (χ2n) is 2.96. The molecule has 0 aliphatic carbocycles. The first kappa shape index (κ1) is 7.73. The molecule has 10 heavy (non-hydrogen) atoms. The van der Waals surface area contributed by atoms with E-state index >= 15 is 0 Å². The summed E-state index contributed by atoms with van der Waals surface area (Å²) in [7, 11) is 0. The summed E-state index contributed by atoms with van der Waals surface area (Å²) in [5, 5.41) is 3.22. The molecule has 0 aromatic rings. The Morgan fingerprint density at radius 3 is 3.00 bits per heavy atom. The number of piperidine rings is 1. The van der Waals surface area contributed by atoms with Crippen molar-refractivity contribution in [1.29, 1.82) is 0 Å². The lowest BCUT2D eigenvalue weighted by atomic mass is 9.86. The Kier molecular flexibility index (Phi) is 2.87. The van der Waals surface area contributed by atoms with Crippen LogP contribution >= 0.6 is 0 Å². The van der Waals surface area contributed by atoms with E-state index in [2.05, 4.69) is 12.2 Å². The molecule has 1 heterocycles. The molecule has 2 heteroatoms. The lowest BCUT2D eigenvalue weighted by molar-refractivity contribution is -0.113. The summed E-state index contributed by atoms with van der Waals surface area (Å²) >= 11 is 0. The van der Waals surface area contributed by atoms with Gasteiger partial charge in [0.1, 0.15) is 6.29 Å². The Hall–Kier alpha value is -0.370. The smallest absolute Gasteiger partial charge is 0.124 e. The van der Waals surface area contributed by atoms with Crippen molar-refractivity contribution in [2.75, 3.05) is 13.1 Å². The molecule has 0 saturated carbocycles. The van der Waals surface area contributed by atoms with Gasteiger partial charge in [0.05, 0.1) is 0 Å². The van der Waals surface area contributed by atoms with Crippen molar-refractivity contribution >= 4 is 6.29 Å². The summed E-state index contributed by atoms with van der Waals surface area (Å²) in [4.78, 5) is 10.5. The highest BCUT2D eigenvalue weighted by Crippen LogP contribution is 2.19. The van der Waals surface area contributed by atoms with Crippen molar-refractivity contribution in [3.05, 3.63) is 0 Å². The molecule has 0 bridgehead atoms. The van der Waals surface area contributed by atoms with Crippen molar-refractivity contribution in [3.63, 3.8) is 0 Å². The van der Waals surface area contributed by atoms with Gasteiger partial charge in [0.25, 0.3) is 0 Å². The highest BCUT2D eigenvalue weighted by Gasteiger charge is 2.21. The first-order valence-corrected chi connectivity index (χ1v) is 4.04. The third-order valence-corrected chi connectivity index (χ3v) is 2.38. The summed E-state index contributed by atoms with van der Waals surface area (Å²) in [5.74, 6) is 0.914. The molecule has 0 amide bonds. The van der Waals surface area contributed by atoms with Crippen LogP contribution in [0.4, 0.5) is 0 Å². The maximum absolute atomic E-state index is 10.5. The average molecular weight is 141 g/mol. The molecule has 0 spiro atoms. The van der Waals surface area contributed by atoms with E-state index < -0.39 is 0 Å². The first-order chi connectivity index (χ1) is 4.88. The standard InChI is InChI=1S/C8H15NO/c1-2-7-3-4-9-5-8(7)6-10/h6-9H,2-5H2,1H3. The van der Waals surface area contributed by atoms with Gasteiger partial charge in [-0.25, -0.2) is 0 Å². The third kappa shape index (κ3) is 1.57. The van der Waals surface area contributed by atoms with Crippen LogP contribution in [0.1, 0.15) is 19.8 Å². The quantitative estimate of drug-likeness (QED) is 0.577. The highest BCUT2D eigenvalue weighted by molar-refractivity contribution is 5.54. The molecule has 1 fully saturated rings. The molecule has 0 aromatic carbocycles. The fourth-order valence-corrected chi connectivity index (χ4v) is 1.60. The van der Waals surface area contributed by atoms with Crippen molar-refractivity contribution in [3.8, 4) is 0 Å². The van der Waals surface area contributed by atoms with Crippen LogP contribution in [0.5, 0.6) is 0 Å². The van der Waals surface area contributed by atoms with E-state index in [0.29, 0.717) is 5.92 Å². The van der Waals surface area contributed by atoms with E-state index in [0.717, 1.165) is 25.8 Å². The molecule has 2 unspecified atom stereocenters.